The smallest absolute Gasteiger partial charge is 0.261 e. The summed E-state index contributed by atoms with van der Waals surface area (Å²) in [6.45, 7) is 5.55. The molecule has 7 heteroatoms. The molecule has 1 atom stereocenters. The molecule has 0 saturated heterocycles. The Morgan fingerprint density at radius 1 is 1.03 bits per heavy atom. The molecule has 0 fully saturated rings. The van der Waals surface area contributed by atoms with Crippen LogP contribution < -0.4 is 10.1 Å². The second kappa shape index (κ2) is 10.5. The van der Waals surface area contributed by atoms with Crippen LogP contribution in [-0.4, -0.2) is 35.9 Å². The summed E-state index contributed by atoms with van der Waals surface area (Å²) < 4.78 is 32.5. The average Bonchev–Trinajstić information content (AvgIpc) is 2.70. The molecule has 0 heterocycles. The monoisotopic (exact) mass is 404 g/mol. The first-order valence-electron chi connectivity index (χ1n) is 9.47. The summed E-state index contributed by atoms with van der Waals surface area (Å²) in [5, 5.41) is 2.79. The first kappa shape index (κ1) is 22.3. The van der Waals surface area contributed by atoms with Crippen LogP contribution in [0.4, 0.5) is 8.78 Å². The van der Waals surface area contributed by atoms with Crippen molar-refractivity contribution in [3.05, 3.63) is 65.7 Å². The standard InChI is InChI=1S/C22H26F2N2O3/c1-15(2)12-25-22(28)16(3)26(13-17-6-4-5-7-20(17)24)21(27)14-29-19-10-8-18(23)9-11-19/h4-11,15-16H,12-14H2,1-3H3,(H,25,28)/t16-/m0/s1. The summed E-state index contributed by atoms with van der Waals surface area (Å²) in [6.07, 6.45) is 0. The van der Waals surface area contributed by atoms with E-state index in [-0.39, 0.29) is 25.0 Å². The first-order chi connectivity index (χ1) is 13.8. The third kappa shape index (κ3) is 6.85. The molecule has 0 aliphatic carbocycles. The highest BCUT2D eigenvalue weighted by Crippen LogP contribution is 2.15. The minimum absolute atomic E-state index is 0.0749. The summed E-state index contributed by atoms with van der Waals surface area (Å²) in [6, 6.07) is 10.5. The van der Waals surface area contributed by atoms with Crippen molar-refractivity contribution in [2.45, 2.75) is 33.4 Å². The minimum atomic E-state index is -0.822. The molecule has 0 radical (unpaired) electrons. The van der Waals surface area contributed by atoms with Crippen molar-refractivity contribution in [1.82, 2.24) is 10.2 Å². The van der Waals surface area contributed by atoms with Crippen molar-refractivity contribution >= 4 is 11.8 Å². The average molecular weight is 404 g/mol. The van der Waals surface area contributed by atoms with E-state index in [0.29, 0.717) is 17.9 Å². The predicted octanol–water partition coefficient (Wildman–Crippen LogP) is 3.53. The fraction of sp³-hybridized carbons (Fsp3) is 0.364. The highest BCUT2D eigenvalue weighted by Gasteiger charge is 2.27. The summed E-state index contributed by atoms with van der Waals surface area (Å²) in [7, 11) is 0. The summed E-state index contributed by atoms with van der Waals surface area (Å²) in [4.78, 5) is 26.6. The lowest BCUT2D eigenvalue weighted by molar-refractivity contribution is -0.142. The summed E-state index contributed by atoms with van der Waals surface area (Å²) in [5.41, 5.74) is 0.297. The molecule has 0 saturated carbocycles. The molecule has 2 amide bonds. The van der Waals surface area contributed by atoms with Crippen LogP contribution in [-0.2, 0) is 16.1 Å². The molecule has 0 unspecified atom stereocenters. The van der Waals surface area contributed by atoms with Crippen molar-refractivity contribution < 1.29 is 23.1 Å². The largest absolute Gasteiger partial charge is 0.484 e. The Kier molecular flexibility index (Phi) is 8.12. The van der Waals surface area contributed by atoms with Crippen LogP contribution >= 0.6 is 0 Å². The van der Waals surface area contributed by atoms with Gasteiger partial charge >= 0.3 is 0 Å². The second-order valence-electron chi connectivity index (χ2n) is 7.17. The van der Waals surface area contributed by atoms with Gasteiger partial charge in [-0.1, -0.05) is 32.0 Å². The number of hydrogen-bond donors (Lipinski definition) is 1. The third-order valence-corrected chi connectivity index (χ3v) is 4.33. The van der Waals surface area contributed by atoms with Gasteiger partial charge < -0.3 is 15.0 Å². The molecular formula is C22H26F2N2O3. The summed E-state index contributed by atoms with van der Waals surface area (Å²) >= 11 is 0. The van der Waals surface area contributed by atoms with Gasteiger partial charge in [0.1, 0.15) is 23.4 Å². The quantitative estimate of drug-likeness (QED) is 0.696. The highest BCUT2D eigenvalue weighted by molar-refractivity contribution is 5.87. The van der Waals surface area contributed by atoms with Gasteiger partial charge in [-0.05, 0) is 43.2 Å². The van der Waals surface area contributed by atoms with Crippen LogP contribution in [0.5, 0.6) is 5.75 Å². The number of benzene rings is 2. The van der Waals surface area contributed by atoms with Crippen molar-refractivity contribution in [2.75, 3.05) is 13.2 Å². The van der Waals surface area contributed by atoms with Crippen molar-refractivity contribution in [3.8, 4) is 5.75 Å². The Balaban J connectivity index is 2.13. The number of amides is 2. The van der Waals surface area contributed by atoms with Crippen LogP contribution in [0, 0.1) is 17.6 Å². The van der Waals surface area contributed by atoms with Gasteiger partial charge in [-0.2, -0.15) is 0 Å². The zero-order valence-electron chi connectivity index (χ0n) is 16.8. The Hall–Kier alpha value is -2.96. The zero-order chi connectivity index (χ0) is 21.4. The number of ether oxygens (including phenoxy) is 1. The van der Waals surface area contributed by atoms with Gasteiger partial charge in [0, 0.05) is 18.7 Å². The number of nitrogens with one attached hydrogen (secondary N) is 1. The SMILES string of the molecule is CC(C)CNC(=O)[C@H](C)N(Cc1ccccc1F)C(=O)COc1ccc(F)cc1. The zero-order valence-corrected chi connectivity index (χ0v) is 16.8. The van der Waals surface area contributed by atoms with Gasteiger partial charge in [0.05, 0.1) is 0 Å². The van der Waals surface area contributed by atoms with Crippen LogP contribution in [0.25, 0.3) is 0 Å². The van der Waals surface area contributed by atoms with Crippen LogP contribution in [0.3, 0.4) is 0 Å². The van der Waals surface area contributed by atoms with Gasteiger partial charge in [-0.15, -0.1) is 0 Å². The lowest BCUT2D eigenvalue weighted by atomic mass is 10.1. The Morgan fingerprint density at radius 3 is 2.31 bits per heavy atom. The second-order valence-corrected chi connectivity index (χ2v) is 7.17. The van der Waals surface area contributed by atoms with Gasteiger partial charge in [-0.3, -0.25) is 9.59 Å². The van der Waals surface area contributed by atoms with E-state index in [1.165, 1.54) is 35.2 Å². The molecule has 29 heavy (non-hydrogen) atoms. The molecular weight excluding hydrogens is 378 g/mol. The fourth-order valence-electron chi connectivity index (χ4n) is 2.60. The van der Waals surface area contributed by atoms with Crippen LogP contribution in [0.2, 0.25) is 0 Å². The van der Waals surface area contributed by atoms with E-state index < -0.39 is 23.6 Å². The van der Waals surface area contributed by atoms with E-state index in [1.807, 2.05) is 13.8 Å². The maximum atomic E-state index is 14.1. The van der Waals surface area contributed by atoms with E-state index in [9.17, 15) is 18.4 Å². The Labute approximate surface area is 169 Å². The fourth-order valence-corrected chi connectivity index (χ4v) is 2.60. The molecule has 1 N–H and O–H groups in total. The molecule has 0 aromatic heterocycles. The molecule has 0 aliphatic rings. The van der Waals surface area contributed by atoms with E-state index >= 15 is 0 Å². The van der Waals surface area contributed by atoms with Crippen molar-refractivity contribution in [1.29, 1.82) is 0 Å². The molecule has 0 aliphatic heterocycles. The van der Waals surface area contributed by atoms with Crippen molar-refractivity contribution in [3.63, 3.8) is 0 Å². The van der Waals surface area contributed by atoms with Crippen LogP contribution in [0.1, 0.15) is 26.3 Å². The molecule has 5 nitrogen and oxygen atoms in total. The van der Waals surface area contributed by atoms with E-state index in [2.05, 4.69) is 5.32 Å². The Bertz CT molecular complexity index is 825. The third-order valence-electron chi connectivity index (χ3n) is 4.33. The van der Waals surface area contributed by atoms with E-state index in [4.69, 9.17) is 4.74 Å². The number of rotatable bonds is 9. The molecule has 156 valence electrons. The first-order valence-corrected chi connectivity index (χ1v) is 9.47. The van der Waals surface area contributed by atoms with Crippen molar-refractivity contribution in [2.24, 2.45) is 5.92 Å². The lowest BCUT2D eigenvalue weighted by Crippen LogP contribution is -2.49. The number of carbonyl (C=O) groups is 2. The summed E-state index contributed by atoms with van der Waals surface area (Å²) in [5.74, 6) is -1.11. The number of halogens is 2. The van der Waals surface area contributed by atoms with E-state index in [1.54, 1.807) is 25.1 Å². The number of carbonyl (C=O) groups excluding carboxylic acids is 2. The molecule has 2 aromatic carbocycles. The van der Waals surface area contributed by atoms with Gasteiger partial charge in [0.2, 0.25) is 5.91 Å². The minimum Gasteiger partial charge on any atom is -0.484 e. The molecule has 2 rings (SSSR count). The Morgan fingerprint density at radius 2 is 1.69 bits per heavy atom. The maximum absolute atomic E-state index is 14.1. The molecule has 0 bridgehead atoms. The normalized spacial score (nSPS) is 11.8. The number of hydrogen-bond acceptors (Lipinski definition) is 3. The van der Waals surface area contributed by atoms with Gasteiger partial charge in [-0.25, -0.2) is 8.78 Å². The topological polar surface area (TPSA) is 58.6 Å². The molecule has 0 spiro atoms. The van der Waals surface area contributed by atoms with Gasteiger partial charge in [0.25, 0.3) is 5.91 Å². The van der Waals surface area contributed by atoms with Gasteiger partial charge in [0.15, 0.2) is 6.61 Å². The number of nitrogens with zero attached hydrogens (tertiary/aromatic N) is 1. The van der Waals surface area contributed by atoms with Crippen LogP contribution in [0.15, 0.2) is 48.5 Å². The maximum Gasteiger partial charge on any atom is 0.261 e. The lowest BCUT2D eigenvalue weighted by Gasteiger charge is -2.29. The highest BCUT2D eigenvalue weighted by atomic mass is 19.1. The van der Waals surface area contributed by atoms with E-state index in [0.717, 1.165) is 0 Å². The predicted molar refractivity (Wildman–Crippen MR) is 106 cm³/mol. The molecule has 2 aromatic rings.